The molecular weight excluding hydrogens is 347 g/mol. The van der Waals surface area contributed by atoms with Crippen molar-refractivity contribution in [3.63, 3.8) is 0 Å². The summed E-state index contributed by atoms with van der Waals surface area (Å²) in [6.07, 6.45) is 1.49. The summed E-state index contributed by atoms with van der Waals surface area (Å²) < 4.78 is 19.4. The van der Waals surface area contributed by atoms with Crippen LogP contribution in [0.4, 0.5) is 10.1 Å². The molecule has 1 aliphatic heterocycles. The number of hydrogen-bond donors (Lipinski definition) is 1. The SMILES string of the molecule is CCC(Oc1ccccc1F)C(=O)Nc1ccccc1C(=O)N1CCCC1. The number of nitrogens with zero attached hydrogens (tertiary/aromatic N) is 1. The molecule has 1 N–H and O–H groups in total. The van der Waals surface area contributed by atoms with Gasteiger partial charge in [-0.3, -0.25) is 9.59 Å². The van der Waals surface area contributed by atoms with Gasteiger partial charge in [0.25, 0.3) is 11.8 Å². The molecule has 1 saturated heterocycles. The molecule has 0 saturated carbocycles. The minimum absolute atomic E-state index is 0.0286. The molecule has 6 heteroatoms. The van der Waals surface area contributed by atoms with Gasteiger partial charge in [0, 0.05) is 13.1 Å². The van der Waals surface area contributed by atoms with Crippen LogP contribution in [0, 0.1) is 5.82 Å². The fourth-order valence-corrected chi connectivity index (χ4v) is 3.10. The van der Waals surface area contributed by atoms with Crippen LogP contribution in [0.3, 0.4) is 0 Å². The van der Waals surface area contributed by atoms with Crippen LogP contribution in [-0.2, 0) is 4.79 Å². The molecule has 2 amide bonds. The third kappa shape index (κ3) is 4.45. The Kier molecular flexibility index (Phi) is 6.06. The summed E-state index contributed by atoms with van der Waals surface area (Å²) >= 11 is 0. The van der Waals surface area contributed by atoms with Crippen LogP contribution in [0.15, 0.2) is 48.5 Å². The zero-order valence-corrected chi connectivity index (χ0v) is 15.3. The first-order valence-electron chi connectivity index (χ1n) is 9.20. The quantitative estimate of drug-likeness (QED) is 0.840. The largest absolute Gasteiger partial charge is 0.478 e. The van der Waals surface area contributed by atoms with E-state index < -0.39 is 17.8 Å². The number of amides is 2. The Balaban J connectivity index is 1.74. The Morgan fingerprint density at radius 3 is 2.48 bits per heavy atom. The molecule has 1 unspecified atom stereocenters. The fraction of sp³-hybridized carbons (Fsp3) is 0.333. The van der Waals surface area contributed by atoms with Crippen LogP contribution in [0.5, 0.6) is 5.75 Å². The summed E-state index contributed by atoms with van der Waals surface area (Å²) in [5.74, 6) is -0.997. The van der Waals surface area contributed by atoms with Crippen molar-refractivity contribution >= 4 is 17.5 Å². The molecule has 1 fully saturated rings. The number of carbonyl (C=O) groups is 2. The molecule has 3 rings (SSSR count). The van der Waals surface area contributed by atoms with Gasteiger partial charge in [-0.05, 0) is 43.5 Å². The molecule has 2 aromatic carbocycles. The molecule has 142 valence electrons. The lowest BCUT2D eigenvalue weighted by Crippen LogP contribution is -2.34. The van der Waals surface area contributed by atoms with Gasteiger partial charge in [0.15, 0.2) is 17.7 Å². The van der Waals surface area contributed by atoms with Crippen LogP contribution in [0.2, 0.25) is 0 Å². The van der Waals surface area contributed by atoms with Crippen molar-refractivity contribution in [3.05, 3.63) is 59.9 Å². The van der Waals surface area contributed by atoms with Gasteiger partial charge in [-0.15, -0.1) is 0 Å². The lowest BCUT2D eigenvalue weighted by Gasteiger charge is -2.20. The molecule has 0 radical (unpaired) electrons. The predicted octanol–water partition coefficient (Wildman–Crippen LogP) is 3.86. The molecule has 0 aromatic heterocycles. The molecule has 1 heterocycles. The van der Waals surface area contributed by atoms with Crippen molar-refractivity contribution in [1.82, 2.24) is 4.90 Å². The van der Waals surface area contributed by atoms with E-state index in [4.69, 9.17) is 4.74 Å². The van der Waals surface area contributed by atoms with E-state index in [1.165, 1.54) is 12.1 Å². The van der Waals surface area contributed by atoms with Crippen LogP contribution in [0.1, 0.15) is 36.5 Å². The van der Waals surface area contributed by atoms with E-state index in [9.17, 15) is 14.0 Å². The van der Waals surface area contributed by atoms with E-state index in [2.05, 4.69) is 5.32 Å². The highest BCUT2D eigenvalue weighted by Gasteiger charge is 2.25. The predicted molar refractivity (Wildman–Crippen MR) is 101 cm³/mol. The smallest absolute Gasteiger partial charge is 0.265 e. The van der Waals surface area contributed by atoms with Gasteiger partial charge in [0.05, 0.1) is 11.3 Å². The van der Waals surface area contributed by atoms with Gasteiger partial charge >= 0.3 is 0 Å². The molecular formula is C21H23FN2O3. The van der Waals surface area contributed by atoms with Gasteiger partial charge in [0.2, 0.25) is 0 Å². The summed E-state index contributed by atoms with van der Waals surface area (Å²) in [5, 5.41) is 2.77. The van der Waals surface area contributed by atoms with E-state index in [1.807, 2.05) is 0 Å². The van der Waals surface area contributed by atoms with Gasteiger partial charge in [0.1, 0.15) is 0 Å². The highest BCUT2D eigenvalue weighted by atomic mass is 19.1. The van der Waals surface area contributed by atoms with Crippen LogP contribution < -0.4 is 10.1 Å². The number of benzene rings is 2. The fourth-order valence-electron chi connectivity index (χ4n) is 3.10. The summed E-state index contributed by atoms with van der Waals surface area (Å²) in [5.41, 5.74) is 0.892. The van der Waals surface area contributed by atoms with Crippen molar-refractivity contribution in [2.75, 3.05) is 18.4 Å². The number of hydrogen-bond acceptors (Lipinski definition) is 3. The Morgan fingerprint density at radius 1 is 1.11 bits per heavy atom. The topological polar surface area (TPSA) is 58.6 Å². The summed E-state index contributed by atoms with van der Waals surface area (Å²) in [6, 6.07) is 12.9. The Hall–Kier alpha value is -2.89. The Labute approximate surface area is 158 Å². The first-order chi connectivity index (χ1) is 13.1. The number of para-hydroxylation sites is 2. The third-order valence-electron chi connectivity index (χ3n) is 4.58. The Morgan fingerprint density at radius 2 is 1.78 bits per heavy atom. The summed E-state index contributed by atoms with van der Waals surface area (Å²) in [7, 11) is 0. The van der Waals surface area contributed by atoms with Gasteiger partial charge in [-0.1, -0.05) is 31.2 Å². The van der Waals surface area contributed by atoms with Crippen LogP contribution >= 0.6 is 0 Å². The highest BCUT2D eigenvalue weighted by molar-refractivity contribution is 6.04. The zero-order chi connectivity index (χ0) is 19.2. The number of anilines is 1. The van der Waals surface area contributed by atoms with E-state index in [0.29, 0.717) is 17.7 Å². The second kappa shape index (κ2) is 8.66. The monoisotopic (exact) mass is 370 g/mol. The number of halogens is 1. The lowest BCUT2D eigenvalue weighted by molar-refractivity contribution is -0.122. The van der Waals surface area contributed by atoms with Gasteiger partial charge in [-0.25, -0.2) is 4.39 Å². The molecule has 1 aliphatic rings. The number of nitrogens with one attached hydrogen (secondary N) is 1. The molecule has 5 nitrogen and oxygen atoms in total. The maximum atomic E-state index is 13.8. The molecule has 27 heavy (non-hydrogen) atoms. The van der Waals surface area contributed by atoms with Crippen LogP contribution in [-0.4, -0.2) is 35.9 Å². The van der Waals surface area contributed by atoms with Crippen LogP contribution in [0.25, 0.3) is 0 Å². The zero-order valence-electron chi connectivity index (χ0n) is 15.3. The molecule has 0 aliphatic carbocycles. The van der Waals surface area contributed by atoms with E-state index in [0.717, 1.165) is 25.9 Å². The van der Waals surface area contributed by atoms with Crippen molar-refractivity contribution in [2.24, 2.45) is 0 Å². The van der Waals surface area contributed by atoms with Crippen molar-refractivity contribution in [1.29, 1.82) is 0 Å². The van der Waals surface area contributed by atoms with E-state index >= 15 is 0 Å². The normalized spacial score (nSPS) is 14.7. The number of rotatable bonds is 6. The molecule has 0 spiro atoms. The minimum Gasteiger partial charge on any atom is -0.478 e. The van der Waals surface area contributed by atoms with E-state index in [-0.39, 0.29) is 11.7 Å². The molecule has 1 atom stereocenters. The first kappa shape index (κ1) is 18.9. The van der Waals surface area contributed by atoms with Gasteiger partial charge < -0.3 is 15.0 Å². The van der Waals surface area contributed by atoms with Crippen molar-refractivity contribution in [3.8, 4) is 5.75 Å². The molecule has 0 bridgehead atoms. The number of likely N-dealkylation sites (tertiary alicyclic amines) is 1. The standard InChI is InChI=1S/C21H23FN2O3/c1-2-18(27-19-12-6-4-10-16(19)22)20(25)23-17-11-5-3-9-15(17)21(26)24-13-7-8-14-24/h3-6,9-12,18H,2,7-8,13-14H2,1H3,(H,23,25). The maximum Gasteiger partial charge on any atom is 0.265 e. The first-order valence-corrected chi connectivity index (χ1v) is 9.20. The van der Waals surface area contributed by atoms with Crippen molar-refractivity contribution in [2.45, 2.75) is 32.3 Å². The Bertz CT molecular complexity index is 819. The van der Waals surface area contributed by atoms with Crippen molar-refractivity contribution < 1.29 is 18.7 Å². The van der Waals surface area contributed by atoms with Gasteiger partial charge in [-0.2, -0.15) is 0 Å². The maximum absolute atomic E-state index is 13.8. The van der Waals surface area contributed by atoms with E-state index in [1.54, 1.807) is 48.2 Å². The minimum atomic E-state index is -0.864. The third-order valence-corrected chi connectivity index (χ3v) is 4.58. The lowest BCUT2D eigenvalue weighted by atomic mass is 10.1. The molecule has 2 aromatic rings. The summed E-state index contributed by atoms with van der Waals surface area (Å²) in [4.78, 5) is 27.2. The number of ether oxygens (including phenoxy) is 1. The number of carbonyl (C=O) groups excluding carboxylic acids is 2. The average Bonchev–Trinajstić information content (AvgIpc) is 3.22. The summed E-state index contributed by atoms with van der Waals surface area (Å²) in [6.45, 7) is 3.25. The second-order valence-electron chi connectivity index (χ2n) is 6.48. The average molecular weight is 370 g/mol. The highest BCUT2D eigenvalue weighted by Crippen LogP contribution is 2.22. The second-order valence-corrected chi connectivity index (χ2v) is 6.48.